The predicted octanol–water partition coefficient (Wildman–Crippen LogP) is 3.48. The largest absolute Gasteiger partial charge is 0.497 e. The van der Waals surface area contributed by atoms with Crippen molar-refractivity contribution in [3.05, 3.63) is 36.0 Å². The molecule has 0 bridgehead atoms. The zero-order valence-corrected chi connectivity index (χ0v) is 15.0. The quantitative estimate of drug-likeness (QED) is 0.709. The van der Waals surface area contributed by atoms with Crippen LogP contribution in [-0.4, -0.2) is 40.8 Å². The van der Waals surface area contributed by atoms with Gasteiger partial charge in [0.05, 0.1) is 25.3 Å². The van der Waals surface area contributed by atoms with E-state index in [1.165, 1.54) is 0 Å². The maximum atomic E-state index is 5.30. The summed E-state index contributed by atoms with van der Waals surface area (Å²) in [6.07, 6.45) is 2.68. The Labute approximate surface area is 147 Å². The Morgan fingerprint density at radius 1 is 1.24 bits per heavy atom. The van der Waals surface area contributed by atoms with Gasteiger partial charge in [0.25, 0.3) is 0 Å². The van der Waals surface area contributed by atoms with Gasteiger partial charge in [0.15, 0.2) is 11.3 Å². The fraction of sp³-hybridized carbons (Fsp3) is 0.389. The molecule has 0 radical (unpaired) electrons. The number of methoxy groups -OCH3 is 2. The van der Waals surface area contributed by atoms with E-state index in [9.17, 15) is 0 Å². The Morgan fingerprint density at radius 2 is 2.08 bits per heavy atom. The third kappa shape index (κ3) is 3.41. The van der Waals surface area contributed by atoms with E-state index >= 15 is 0 Å². The van der Waals surface area contributed by atoms with Crippen molar-refractivity contribution in [2.24, 2.45) is 0 Å². The summed E-state index contributed by atoms with van der Waals surface area (Å²) in [6, 6.07) is 7.94. The Morgan fingerprint density at radius 3 is 2.76 bits per heavy atom. The van der Waals surface area contributed by atoms with Gasteiger partial charge in [-0.15, -0.1) is 5.10 Å². The second-order valence-electron chi connectivity index (χ2n) is 5.88. The number of aromatic nitrogens is 4. The van der Waals surface area contributed by atoms with Crippen molar-refractivity contribution < 1.29 is 9.47 Å². The Hall–Kier alpha value is -2.67. The second kappa shape index (κ2) is 7.48. The number of fused-ring (bicyclic) bond motifs is 1. The van der Waals surface area contributed by atoms with Crippen LogP contribution < -0.4 is 10.1 Å². The average Bonchev–Trinajstić information content (AvgIpc) is 3.06. The predicted molar refractivity (Wildman–Crippen MR) is 97.5 cm³/mol. The minimum atomic E-state index is 0.146. The zero-order valence-electron chi connectivity index (χ0n) is 15.0. The summed E-state index contributed by atoms with van der Waals surface area (Å²) in [7, 11) is 3.36. The molecule has 25 heavy (non-hydrogen) atoms. The van der Waals surface area contributed by atoms with Gasteiger partial charge < -0.3 is 14.8 Å². The fourth-order valence-corrected chi connectivity index (χ4v) is 2.81. The molecular formula is C18H23N5O2. The van der Waals surface area contributed by atoms with Gasteiger partial charge in [0, 0.05) is 19.0 Å². The van der Waals surface area contributed by atoms with Gasteiger partial charge in [-0.2, -0.15) is 0 Å². The maximum Gasteiger partial charge on any atom is 0.160 e. The molecule has 2 aromatic heterocycles. The first-order valence-corrected chi connectivity index (χ1v) is 8.28. The Bertz CT molecular complexity index is 862. The van der Waals surface area contributed by atoms with Crippen LogP contribution in [0.2, 0.25) is 0 Å². The average molecular weight is 341 g/mol. The highest BCUT2D eigenvalue weighted by Gasteiger charge is 2.17. The van der Waals surface area contributed by atoms with Gasteiger partial charge >= 0.3 is 0 Å². The summed E-state index contributed by atoms with van der Waals surface area (Å²) in [5.41, 5.74) is 3.70. The van der Waals surface area contributed by atoms with E-state index in [0.29, 0.717) is 12.4 Å². The van der Waals surface area contributed by atoms with Gasteiger partial charge in [0.2, 0.25) is 0 Å². The van der Waals surface area contributed by atoms with E-state index in [-0.39, 0.29) is 6.04 Å². The molecule has 0 fully saturated rings. The van der Waals surface area contributed by atoms with Gasteiger partial charge in [-0.05, 0) is 43.2 Å². The number of hydrogen-bond donors (Lipinski definition) is 1. The van der Waals surface area contributed by atoms with Crippen LogP contribution >= 0.6 is 0 Å². The summed E-state index contributed by atoms with van der Waals surface area (Å²) < 4.78 is 12.5. The normalized spacial score (nSPS) is 12.3. The lowest BCUT2D eigenvalue weighted by atomic mass is 10.2. The molecule has 0 amide bonds. The second-order valence-corrected chi connectivity index (χ2v) is 5.88. The molecule has 3 aromatic rings. The molecule has 1 unspecified atom stereocenters. The molecule has 1 atom stereocenters. The summed E-state index contributed by atoms with van der Waals surface area (Å²) in [6.45, 7) is 4.73. The molecule has 1 aromatic carbocycles. The third-order valence-electron chi connectivity index (χ3n) is 4.25. The monoisotopic (exact) mass is 341 g/mol. The molecule has 0 saturated heterocycles. The molecule has 0 spiro atoms. The number of aryl methyl sites for hydroxylation is 1. The minimum absolute atomic E-state index is 0.146. The van der Waals surface area contributed by atoms with Crippen molar-refractivity contribution in [3.63, 3.8) is 0 Å². The summed E-state index contributed by atoms with van der Waals surface area (Å²) >= 11 is 0. The van der Waals surface area contributed by atoms with Crippen molar-refractivity contribution in [2.45, 2.75) is 26.3 Å². The number of ether oxygens (including phenoxy) is 2. The van der Waals surface area contributed by atoms with Crippen LogP contribution in [0.25, 0.3) is 11.0 Å². The minimum Gasteiger partial charge on any atom is -0.497 e. The molecule has 1 N–H and O–H groups in total. The highest BCUT2D eigenvalue weighted by molar-refractivity contribution is 5.87. The first-order chi connectivity index (χ1) is 12.2. The van der Waals surface area contributed by atoms with Crippen LogP contribution in [0.3, 0.4) is 0 Å². The summed E-state index contributed by atoms with van der Waals surface area (Å²) in [5.74, 6) is 1.51. The van der Waals surface area contributed by atoms with Gasteiger partial charge in [-0.25, -0.2) is 9.67 Å². The third-order valence-corrected chi connectivity index (χ3v) is 4.25. The number of hydrogen-bond acceptors (Lipinski definition) is 6. The lowest BCUT2D eigenvalue weighted by Crippen LogP contribution is -2.15. The molecule has 2 heterocycles. The van der Waals surface area contributed by atoms with Crippen molar-refractivity contribution in [1.29, 1.82) is 0 Å². The van der Waals surface area contributed by atoms with Crippen molar-refractivity contribution in [3.8, 4) is 5.75 Å². The lowest BCUT2D eigenvalue weighted by molar-refractivity contribution is 0.148. The highest BCUT2D eigenvalue weighted by Crippen LogP contribution is 2.28. The van der Waals surface area contributed by atoms with Crippen LogP contribution in [0.4, 0.5) is 11.5 Å². The van der Waals surface area contributed by atoms with E-state index in [2.05, 4.69) is 27.5 Å². The van der Waals surface area contributed by atoms with Gasteiger partial charge in [-0.3, -0.25) is 0 Å². The molecular weight excluding hydrogens is 318 g/mol. The van der Waals surface area contributed by atoms with Crippen molar-refractivity contribution >= 4 is 22.5 Å². The number of benzene rings is 1. The number of nitrogens with one attached hydrogen (secondary N) is 1. The zero-order chi connectivity index (χ0) is 17.8. The van der Waals surface area contributed by atoms with E-state index in [4.69, 9.17) is 9.47 Å². The first kappa shape index (κ1) is 17.2. The fourth-order valence-electron chi connectivity index (χ4n) is 2.81. The molecule has 0 saturated carbocycles. The first-order valence-electron chi connectivity index (χ1n) is 8.28. The van der Waals surface area contributed by atoms with E-state index in [1.54, 1.807) is 20.4 Å². The van der Waals surface area contributed by atoms with E-state index in [0.717, 1.165) is 34.5 Å². The van der Waals surface area contributed by atoms with Gasteiger partial charge in [-0.1, -0.05) is 12.1 Å². The molecule has 0 aliphatic carbocycles. The highest BCUT2D eigenvalue weighted by atomic mass is 16.5. The molecule has 3 rings (SSSR count). The molecule has 132 valence electrons. The molecule has 7 heteroatoms. The topological polar surface area (TPSA) is 74.1 Å². The van der Waals surface area contributed by atoms with Crippen LogP contribution in [0.1, 0.15) is 24.9 Å². The van der Waals surface area contributed by atoms with Crippen molar-refractivity contribution in [1.82, 2.24) is 20.0 Å². The molecule has 7 nitrogen and oxygen atoms in total. The molecule has 0 aliphatic heterocycles. The standard InChI is InChI=1S/C18H23N5O2/c1-5-13(11-24-3)23-16-8-9-19-18(17(16)21-22-23)20-15-7-6-14(25-4)10-12(15)2/h6-10,13H,5,11H2,1-4H3,(H,19,20). The van der Waals surface area contributed by atoms with Crippen LogP contribution in [0, 0.1) is 6.92 Å². The number of anilines is 2. The number of rotatable bonds is 7. The van der Waals surface area contributed by atoms with Crippen LogP contribution in [-0.2, 0) is 4.74 Å². The maximum absolute atomic E-state index is 5.30. The molecule has 0 aliphatic rings. The lowest BCUT2D eigenvalue weighted by Gasteiger charge is -2.15. The summed E-state index contributed by atoms with van der Waals surface area (Å²) in [4.78, 5) is 4.44. The van der Waals surface area contributed by atoms with Crippen molar-refractivity contribution in [2.75, 3.05) is 26.1 Å². The SMILES string of the molecule is CCC(COC)n1nnc2c(Nc3ccc(OC)cc3C)nccc21. The smallest absolute Gasteiger partial charge is 0.160 e. The van der Waals surface area contributed by atoms with E-state index in [1.807, 2.05) is 35.9 Å². The Kier molecular flexibility index (Phi) is 5.14. The Balaban J connectivity index is 1.97. The summed E-state index contributed by atoms with van der Waals surface area (Å²) in [5, 5.41) is 12.0. The van der Waals surface area contributed by atoms with Crippen LogP contribution in [0.15, 0.2) is 30.5 Å². The van der Waals surface area contributed by atoms with E-state index < -0.39 is 0 Å². The number of nitrogens with zero attached hydrogens (tertiary/aromatic N) is 4. The van der Waals surface area contributed by atoms with Crippen LogP contribution in [0.5, 0.6) is 5.75 Å². The number of pyridine rings is 1. The van der Waals surface area contributed by atoms with Gasteiger partial charge in [0.1, 0.15) is 5.75 Å².